The number of aliphatic hydroxyl groups is 3. The summed E-state index contributed by atoms with van der Waals surface area (Å²) in [5.41, 5.74) is 0. The smallest absolute Gasteiger partial charge is 0.194 e. The molecule has 0 saturated carbocycles. The molecule has 1 heterocycles. The third-order valence-corrected chi connectivity index (χ3v) is 2.20. The van der Waals surface area contributed by atoms with E-state index in [9.17, 15) is 10.2 Å². The lowest BCUT2D eigenvalue weighted by Gasteiger charge is -2.41. The van der Waals surface area contributed by atoms with E-state index in [0.29, 0.717) is 0 Å². The van der Waals surface area contributed by atoms with Gasteiger partial charge in [-0.1, -0.05) is 0 Å². The molecule has 4 unspecified atom stereocenters. The molecule has 72 valence electrons. The highest BCUT2D eigenvalue weighted by Gasteiger charge is 2.46. The van der Waals surface area contributed by atoms with Crippen LogP contribution in [0.4, 0.5) is 0 Å². The Morgan fingerprint density at radius 3 is 2.50 bits per heavy atom. The molecular weight excluding hydrogens is 164 g/mol. The van der Waals surface area contributed by atoms with Gasteiger partial charge in [-0.05, 0) is 6.92 Å². The quantitative estimate of drug-likeness (QED) is 0.453. The number of ether oxygens (including phenoxy) is 2. The number of methoxy groups -OCH3 is 1. The van der Waals surface area contributed by atoms with Crippen LogP contribution >= 0.6 is 0 Å². The minimum absolute atomic E-state index is 0.0391. The van der Waals surface area contributed by atoms with E-state index in [1.807, 2.05) is 0 Å². The Morgan fingerprint density at radius 1 is 1.42 bits per heavy atom. The molecule has 5 heteroatoms. The Kier molecular flexibility index (Phi) is 2.70. The van der Waals surface area contributed by atoms with Crippen LogP contribution < -0.4 is 0 Å². The molecule has 0 aromatic heterocycles. The zero-order valence-corrected chi connectivity index (χ0v) is 7.10. The van der Waals surface area contributed by atoms with Gasteiger partial charge in [-0.25, -0.2) is 0 Å². The monoisotopic (exact) mass is 178 g/mol. The maximum atomic E-state index is 9.41. The molecule has 0 spiro atoms. The minimum Gasteiger partial charge on any atom is -0.388 e. The molecule has 1 aliphatic rings. The van der Waals surface area contributed by atoms with Gasteiger partial charge in [0.2, 0.25) is 0 Å². The number of rotatable bonds is 1. The van der Waals surface area contributed by atoms with E-state index in [1.54, 1.807) is 0 Å². The average molecular weight is 178 g/mol. The molecule has 12 heavy (non-hydrogen) atoms. The maximum absolute atomic E-state index is 9.41. The molecule has 1 rings (SSSR count). The van der Waals surface area contributed by atoms with E-state index in [4.69, 9.17) is 14.6 Å². The summed E-state index contributed by atoms with van der Waals surface area (Å²) in [7, 11) is 1.37. The highest BCUT2D eigenvalue weighted by atomic mass is 16.7. The number of aliphatic hydroxyl groups excluding tert-OH is 3. The fourth-order valence-electron chi connectivity index (χ4n) is 1.14. The zero-order valence-electron chi connectivity index (χ0n) is 7.10. The summed E-state index contributed by atoms with van der Waals surface area (Å²) in [6.45, 7) is 1.47. The molecule has 0 bridgehead atoms. The Morgan fingerprint density at radius 2 is 2.00 bits per heavy atom. The summed E-state index contributed by atoms with van der Waals surface area (Å²) in [6, 6.07) is 0. The third-order valence-electron chi connectivity index (χ3n) is 2.20. The zero-order chi connectivity index (χ0) is 9.35. The molecule has 0 radical (unpaired) electrons. The Labute approximate surface area is 70.5 Å². The van der Waals surface area contributed by atoms with Crippen molar-refractivity contribution in [3.63, 3.8) is 0 Å². The first-order valence-electron chi connectivity index (χ1n) is 3.74. The third kappa shape index (κ3) is 1.46. The van der Waals surface area contributed by atoms with Crippen LogP contribution in [0.15, 0.2) is 0 Å². The van der Waals surface area contributed by atoms with Crippen molar-refractivity contribution in [1.29, 1.82) is 0 Å². The second kappa shape index (κ2) is 3.27. The molecule has 1 saturated heterocycles. The van der Waals surface area contributed by atoms with Crippen molar-refractivity contribution in [2.75, 3.05) is 13.7 Å². The summed E-state index contributed by atoms with van der Waals surface area (Å²) in [5, 5.41) is 27.7. The second-order valence-corrected chi connectivity index (χ2v) is 3.03. The topological polar surface area (TPSA) is 79.2 Å². The van der Waals surface area contributed by atoms with Crippen LogP contribution in [-0.2, 0) is 9.47 Å². The van der Waals surface area contributed by atoms with E-state index >= 15 is 0 Å². The number of hydrogen-bond donors (Lipinski definition) is 3. The highest BCUT2D eigenvalue weighted by Crippen LogP contribution is 2.25. The summed E-state index contributed by atoms with van der Waals surface area (Å²) < 4.78 is 9.89. The standard InChI is InChI=1S/C7H14O5/c1-7(11-2)6(10)5(9)4(8)3-12-7/h4-6,8-10H,3H2,1-2H3. The van der Waals surface area contributed by atoms with Gasteiger partial charge in [0, 0.05) is 7.11 Å². The van der Waals surface area contributed by atoms with Crippen LogP contribution in [0.1, 0.15) is 6.92 Å². The molecular formula is C7H14O5. The fraction of sp³-hybridized carbons (Fsp3) is 1.00. The summed E-state index contributed by atoms with van der Waals surface area (Å²) in [5.74, 6) is -1.22. The lowest BCUT2D eigenvalue weighted by molar-refractivity contribution is -0.322. The van der Waals surface area contributed by atoms with Crippen LogP contribution in [0, 0.1) is 0 Å². The summed E-state index contributed by atoms with van der Waals surface area (Å²) in [4.78, 5) is 0. The highest BCUT2D eigenvalue weighted by molar-refractivity contribution is 4.89. The van der Waals surface area contributed by atoms with Gasteiger partial charge in [-0.15, -0.1) is 0 Å². The molecule has 1 fully saturated rings. The van der Waals surface area contributed by atoms with Gasteiger partial charge in [0.1, 0.15) is 18.3 Å². The largest absolute Gasteiger partial charge is 0.388 e. The minimum atomic E-state index is -1.23. The van der Waals surface area contributed by atoms with Crippen LogP contribution in [0.3, 0.4) is 0 Å². The van der Waals surface area contributed by atoms with E-state index in [-0.39, 0.29) is 6.61 Å². The van der Waals surface area contributed by atoms with E-state index in [0.717, 1.165) is 0 Å². The van der Waals surface area contributed by atoms with Gasteiger partial charge >= 0.3 is 0 Å². The molecule has 1 aliphatic heterocycles. The van der Waals surface area contributed by atoms with Gasteiger partial charge < -0.3 is 24.8 Å². The molecule has 0 aliphatic carbocycles. The van der Waals surface area contributed by atoms with Crippen molar-refractivity contribution in [1.82, 2.24) is 0 Å². The Bertz CT molecular complexity index is 162. The van der Waals surface area contributed by atoms with Crippen LogP contribution in [0.2, 0.25) is 0 Å². The molecule has 3 N–H and O–H groups in total. The molecule has 4 atom stereocenters. The number of hydrogen-bond acceptors (Lipinski definition) is 5. The van der Waals surface area contributed by atoms with Crippen molar-refractivity contribution < 1.29 is 24.8 Å². The van der Waals surface area contributed by atoms with E-state index in [2.05, 4.69) is 0 Å². The molecule has 0 aromatic rings. The van der Waals surface area contributed by atoms with E-state index < -0.39 is 24.1 Å². The lowest BCUT2D eigenvalue weighted by Crippen LogP contribution is -2.60. The van der Waals surface area contributed by atoms with Crippen molar-refractivity contribution in [3.05, 3.63) is 0 Å². The first-order valence-corrected chi connectivity index (χ1v) is 3.74. The van der Waals surface area contributed by atoms with Crippen molar-refractivity contribution in [3.8, 4) is 0 Å². The lowest BCUT2D eigenvalue weighted by atomic mass is 9.98. The maximum Gasteiger partial charge on any atom is 0.194 e. The second-order valence-electron chi connectivity index (χ2n) is 3.03. The van der Waals surface area contributed by atoms with Crippen molar-refractivity contribution in [2.45, 2.75) is 31.0 Å². The van der Waals surface area contributed by atoms with Gasteiger partial charge in [0.05, 0.1) is 6.61 Å². The van der Waals surface area contributed by atoms with Gasteiger partial charge in [-0.3, -0.25) is 0 Å². The van der Waals surface area contributed by atoms with E-state index in [1.165, 1.54) is 14.0 Å². The Hall–Kier alpha value is -0.200. The van der Waals surface area contributed by atoms with Crippen LogP contribution in [-0.4, -0.2) is 53.1 Å². The summed E-state index contributed by atoms with van der Waals surface area (Å²) >= 11 is 0. The van der Waals surface area contributed by atoms with Gasteiger partial charge in [0.25, 0.3) is 0 Å². The van der Waals surface area contributed by atoms with Crippen molar-refractivity contribution in [2.24, 2.45) is 0 Å². The predicted octanol–water partition coefficient (Wildman–Crippen LogP) is -1.54. The average Bonchev–Trinajstić information content (AvgIpc) is 2.09. The predicted molar refractivity (Wildman–Crippen MR) is 39.4 cm³/mol. The Balaban J connectivity index is 2.71. The van der Waals surface area contributed by atoms with Crippen LogP contribution in [0.25, 0.3) is 0 Å². The molecule has 0 aromatic carbocycles. The van der Waals surface area contributed by atoms with Crippen LogP contribution in [0.5, 0.6) is 0 Å². The molecule has 0 amide bonds. The molecule has 5 nitrogen and oxygen atoms in total. The van der Waals surface area contributed by atoms with Gasteiger partial charge in [0.15, 0.2) is 5.79 Å². The normalized spacial score (nSPS) is 49.2. The SMILES string of the molecule is COC1(C)OCC(O)C(O)C1O. The first kappa shape index (κ1) is 9.88. The summed E-state index contributed by atoms with van der Waals surface area (Å²) in [6.07, 6.45) is -3.50. The van der Waals surface area contributed by atoms with Crippen molar-refractivity contribution >= 4 is 0 Å². The van der Waals surface area contributed by atoms with Gasteiger partial charge in [-0.2, -0.15) is 0 Å². The fourth-order valence-corrected chi connectivity index (χ4v) is 1.14. The first-order chi connectivity index (χ1) is 5.51.